The van der Waals surface area contributed by atoms with E-state index in [0.29, 0.717) is 0 Å². The van der Waals surface area contributed by atoms with Crippen LogP contribution in [0.25, 0.3) is 0 Å². The van der Waals surface area contributed by atoms with Crippen LogP contribution in [0, 0.1) is 0 Å². The molecule has 0 aliphatic carbocycles. The van der Waals surface area contributed by atoms with Crippen LogP contribution in [0.2, 0.25) is 0 Å². The summed E-state index contributed by atoms with van der Waals surface area (Å²) in [6.07, 6.45) is 2.97. The summed E-state index contributed by atoms with van der Waals surface area (Å²) in [4.78, 5) is 2.12. The second kappa shape index (κ2) is 6.57. The highest BCUT2D eigenvalue weighted by atomic mass is 15.3. The summed E-state index contributed by atoms with van der Waals surface area (Å²) < 4.78 is 2.09. The maximum atomic E-state index is 4.42. The summed E-state index contributed by atoms with van der Waals surface area (Å²) in [6.45, 7) is 3.13. The van der Waals surface area contributed by atoms with Crippen LogP contribution in [0.1, 0.15) is 30.6 Å². The Hall–Kier alpha value is -1.81. The first kappa shape index (κ1) is 14.6. The Labute approximate surface area is 121 Å². The fraction of sp³-hybridized carbons (Fsp3) is 0.438. The van der Waals surface area contributed by atoms with E-state index in [2.05, 4.69) is 71.3 Å². The van der Waals surface area contributed by atoms with Gasteiger partial charge in [0.15, 0.2) is 0 Å². The van der Waals surface area contributed by atoms with E-state index < -0.39 is 0 Å². The maximum absolute atomic E-state index is 4.42. The van der Waals surface area contributed by atoms with Crippen LogP contribution in [-0.4, -0.2) is 30.9 Å². The van der Waals surface area contributed by atoms with Crippen LogP contribution < -0.4 is 10.2 Å². The van der Waals surface area contributed by atoms with Crippen LogP contribution in [0.5, 0.6) is 0 Å². The fourth-order valence-corrected chi connectivity index (χ4v) is 2.45. The van der Waals surface area contributed by atoms with Gasteiger partial charge in [-0.05, 0) is 37.2 Å². The molecule has 1 aromatic carbocycles. The van der Waals surface area contributed by atoms with E-state index in [4.69, 9.17) is 0 Å². The third kappa shape index (κ3) is 3.02. The minimum absolute atomic E-state index is 0.170. The van der Waals surface area contributed by atoms with Crippen molar-refractivity contribution in [2.75, 3.05) is 26.0 Å². The Morgan fingerprint density at radius 1 is 1.30 bits per heavy atom. The van der Waals surface area contributed by atoms with Crippen molar-refractivity contribution in [2.24, 2.45) is 0 Å². The molecular weight excluding hydrogens is 248 g/mol. The zero-order valence-corrected chi connectivity index (χ0v) is 12.8. The fourth-order valence-electron chi connectivity index (χ4n) is 2.45. The van der Waals surface area contributed by atoms with E-state index in [1.54, 1.807) is 0 Å². The summed E-state index contributed by atoms with van der Waals surface area (Å²) in [5, 5.41) is 7.83. The first-order valence-corrected chi connectivity index (χ1v) is 7.13. The van der Waals surface area contributed by atoms with Crippen molar-refractivity contribution < 1.29 is 0 Å². The largest absolute Gasteiger partial charge is 0.378 e. The molecule has 0 saturated heterocycles. The third-order valence-electron chi connectivity index (χ3n) is 3.49. The lowest BCUT2D eigenvalue weighted by Gasteiger charge is -2.21. The van der Waals surface area contributed by atoms with Crippen LogP contribution in [0.3, 0.4) is 0 Å². The molecule has 1 heterocycles. The molecule has 4 heteroatoms. The molecule has 20 heavy (non-hydrogen) atoms. The lowest BCUT2D eigenvalue weighted by atomic mass is 10.0. The van der Waals surface area contributed by atoms with Gasteiger partial charge >= 0.3 is 0 Å². The number of anilines is 1. The highest BCUT2D eigenvalue weighted by molar-refractivity contribution is 5.48. The Balaban J connectivity index is 2.36. The molecule has 1 unspecified atom stereocenters. The zero-order chi connectivity index (χ0) is 14.5. The normalized spacial score (nSPS) is 12.4. The van der Waals surface area contributed by atoms with E-state index >= 15 is 0 Å². The van der Waals surface area contributed by atoms with Crippen molar-refractivity contribution in [3.05, 3.63) is 47.8 Å². The van der Waals surface area contributed by atoms with Gasteiger partial charge in [-0.15, -0.1) is 0 Å². The topological polar surface area (TPSA) is 33.1 Å². The summed E-state index contributed by atoms with van der Waals surface area (Å²) in [7, 11) is 6.12. The minimum Gasteiger partial charge on any atom is -0.378 e. The molecule has 0 bridgehead atoms. The van der Waals surface area contributed by atoms with Gasteiger partial charge in [0.05, 0.1) is 11.7 Å². The van der Waals surface area contributed by atoms with Gasteiger partial charge in [-0.3, -0.25) is 4.68 Å². The molecule has 0 fully saturated rings. The van der Waals surface area contributed by atoms with Gasteiger partial charge in [0.1, 0.15) is 0 Å². The lowest BCUT2D eigenvalue weighted by molar-refractivity contribution is 0.534. The molecule has 0 radical (unpaired) electrons. The van der Waals surface area contributed by atoms with Crippen LogP contribution >= 0.6 is 0 Å². The smallest absolute Gasteiger partial charge is 0.0746 e. The third-order valence-corrected chi connectivity index (χ3v) is 3.49. The van der Waals surface area contributed by atoms with Crippen LogP contribution in [0.4, 0.5) is 5.69 Å². The van der Waals surface area contributed by atoms with Gasteiger partial charge < -0.3 is 10.2 Å². The molecule has 1 atom stereocenters. The highest BCUT2D eigenvalue weighted by Crippen LogP contribution is 2.25. The van der Waals surface area contributed by atoms with E-state index in [-0.39, 0.29) is 6.04 Å². The van der Waals surface area contributed by atoms with Gasteiger partial charge in [0.2, 0.25) is 0 Å². The van der Waals surface area contributed by atoms with E-state index in [1.165, 1.54) is 16.9 Å². The average molecular weight is 272 g/mol. The number of nitrogens with zero attached hydrogens (tertiary/aromatic N) is 3. The first-order chi connectivity index (χ1) is 9.67. The van der Waals surface area contributed by atoms with Crippen molar-refractivity contribution in [1.82, 2.24) is 15.1 Å². The first-order valence-electron chi connectivity index (χ1n) is 7.13. The van der Waals surface area contributed by atoms with Crippen molar-refractivity contribution >= 4 is 5.69 Å². The number of benzene rings is 1. The SMILES string of the molecule is CCCn1nccc1C(NC)c1cccc(N(C)C)c1. The Morgan fingerprint density at radius 3 is 2.75 bits per heavy atom. The van der Waals surface area contributed by atoms with Crippen LogP contribution in [0.15, 0.2) is 36.5 Å². The summed E-state index contributed by atoms with van der Waals surface area (Å²) in [5.41, 5.74) is 3.69. The summed E-state index contributed by atoms with van der Waals surface area (Å²) >= 11 is 0. The molecule has 0 spiro atoms. The lowest BCUT2D eigenvalue weighted by Crippen LogP contribution is -2.22. The quantitative estimate of drug-likeness (QED) is 0.877. The Morgan fingerprint density at radius 2 is 2.10 bits per heavy atom. The van der Waals surface area contributed by atoms with Crippen molar-refractivity contribution in [3.8, 4) is 0 Å². The monoisotopic (exact) mass is 272 g/mol. The van der Waals surface area contributed by atoms with Gasteiger partial charge in [-0.25, -0.2) is 0 Å². The molecule has 0 aliphatic heterocycles. The average Bonchev–Trinajstić information content (AvgIpc) is 2.89. The second-order valence-electron chi connectivity index (χ2n) is 5.19. The highest BCUT2D eigenvalue weighted by Gasteiger charge is 2.16. The van der Waals surface area contributed by atoms with Crippen molar-refractivity contribution in [3.63, 3.8) is 0 Å². The number of hydrogen-bond donors (Lipinski definition) is 1. The molecule has 4 nitrogen and oxygen atoms in total. The predicted molar refractivity (Wildman–Crippen MR) is 84.2 cm³/mol. The van der Waals surface area contributed by atoms with E-state index in [1.807, 2.05) is 13.2 Å². The molecule has 1 aromatic heterocycles. The standard InChI is InChI=1S/C16H24N4/c1-5-11-20-15(9-10-18-20)16(17-2)13-7-6-8-14(12-13)19(3)4/h6-10,12,16-17H,5,11H2,1-4H3. The number of hydrogen-bond acceptors (Lipinski definition) is 3. The zero-order valence-electron chi connectivity index (χ0n) is 12.8. The van der Waals surface area contributed by atoms with Gasteiger partial charge in [0.25, 0.3) is 0 Å². The summed E-state index contributed by atoms with van der Waals surface area (Å²) in [5.74, 6) is 0. The van der Waals surface area contributed by atoms with E-state index in [0.717, 1.165) is 13.0 Å². The van der Waals surface area contributed by atoms with Crippen LogP contribution in [-0.2, 0) is 6.54 Å². The molecule has 1 N–H and O–H groups in total. The maximum Gasteiger partial charge on any atom is 0.0746 e. The molecule has 0 amide bonds. The molecule has 0 aliphatic rings. The van der Waals surface area contributed by atoms with Crippen molar-refractivity contribution in [1.29, 1.82) is 0 Å². The summed E-state index contributed by atoms with van der Waals surface area (Å²) in [6, 6.07) is 10.9. The Bertz CT molecular complexity index is 545. The second-order valence-corrected chi connectivity index (χ2v) is 5.19. The predicted octanol–water partition coefficient (Wildman–Crippen LogP) is 2.67. The molecule has 108 valence electrons. The molecule has 2 aromatic rings. The molecule has 0 saturated carbocycles. The van der Waals surface area contributed by atoms with E-state index in [9.17, 15) is 0 Å². The number of aromatic nitrogens is 2. The molecule has 2 rings (SSSR count). The number of aryl methyl sites for hydroxylation is 1. The van der Waals surface area contributed by atoms with Crippen molar-refractivity contribution in [2.45, 2.75) is 25.9 Å². The number of nitrogens with one attached hydrogen (secondary N) is 1. The molecular formula is C16H24N4. The Kier molecular flexibility index (Phi) is 4.79. The minimum atomic E-state index is 0.170. The number of rotatable bonds is 6. The van der Waals surface area contributed by atoms with Gasteiger partial charge in [-0.1, -0.05) is 19.1 Å². The van der Waals surface area contributed by atoms with Gasteiger partial charge in [-0.2, -0.15) is 5.10 Å². The van der Waals surface area contributed by atoms with Gasteiger partial charge in [0, 0.05) is 32.5 Å².